The summed E-state index contributed by atoms with van der Waals surface area (Å²) < 4.78 is 29.0. The van der Waals surface area contributed by atoms with E-state index in [9.17, 15) is 18.5 Å². The molecule has 0 aliphatic carbocycles. The SMILES string of the molecule is COc1ccc([N+](=O)[O-])cc1CNc1ccc(S(=O)(=O)C(C)(C)C)nc1. The molecule has 140 valence electrons. The lowest BCUT2D eigenvalue weighted by Crippen LogP contribution is -2.28. The van der Waals surface area contributed by atoms with Crippen LogP contribution in [0.5, 0.6) is 5.75 Å². The number of sulfone groups is 1. The van der Waals surface area contributed by atoms with Crippen LogP contribution in [0.15, 0.2) is 41.6 Å². The molecule has 0 radical (unpaired) electrons. The fourth-order valence-electron chi connectivity index (χ4n) is 2.17. The number of aromatic nitrogens is 1. The van der Waals surface area contributed by atoms with Gasteiger partial charge in [0.2, 0.25) is 0 Å². The summed E-state index contributed by atoms with van der Waals surface area (Å²) in [5, 5.41) is 14.0. The van der Waals surface area contributed by atoms with Crippen molar-refractivity contribution in [1.82, 2.24) is 4.98 Å². The molecule has 9 heteroatoms. The van der Waals surface area contributed by atoms with Crippen LogP contribution in [0.25, 0.3) is 0 Å². The number of nitro benzene ring substituents is 1. The van der Waals surface area contributed by atoms with E-state index in [0.717, 1.165) is 0 Å². The first kappa shape index (κ1) is 19.6. The second-order valence-corrected chi connectivity index (χ2v) is 9.26. The van der Waals surface area contributed by atoms with E-state index in [1.165, 1.54) is 37.6 Å². The quantitative estimate of drug-likeness (QED) is 0.606. The van der Waals surface area contributed by atoms with Crippen LogP contribution >= 0.6 is 0 Å². The molecule has 26 heavy (non-hydrogen) atoms. The Morgan fingerprint density at radius 1 is 1.23 bits per heavy atom. The fourth-order valence-corrected chi connectivity index (χ4v) is 3.24. The Kier molecular flexibility index (Phi) is 5.50. The number of methoxy groups -OCH3 is 1. The van der Waals surface area contributed by atoms with Crippen molar-refractivity contribution in [2.45, 2.75) is 37.1 Å². The minimum Gasteiger partial charge on any atom is -0.496 e. The van der Waals surface area contributed by atoms with Gasteiger partial charge in [-0.3, -0.25) is 10.1 Å². The number of hydrogen-bond donors (Lipinski definition) is 1. The van der Waals surface area contributed by atoms with Crippen LogP contribution in [0.1, 0.15) is 26.3 Å². The monoisotopic (exact) mass is 379 g/mol. The van der Waals surface area contributed by atoms with E-state index < -0.39 is 19.5 Å². The molecule has 0 aliphatic rings. The molecule has 0 bridgehead atoms. The van der Waals surface area contributed by atoms with Crippen LogP contribution in [0.2, 0.25) is 0 Å². The van der Waals surface area contributed by atoms with Crippen LogP contribution in [-0.4, -0.2) is 30.2 Å². The molecule has 8 nitrogen and oxygen atoms in total. The van der Waals surface area contributed by atoms with Crippen molar-refractivity contribution in [2.75, 3.05) is 12.4 Å². The molecule has 1 N–H and O–H groups in total. The zero-order valence-corrected chi connectivity index (χ0v) is 15.8. The molecule has 0 fully saturated rings. The Balaban J connectivity index is 2.19. The third kappa shape index (κ3) is 4.10. The van der Waals surface area contributed by atoms with Crippen molar-refractivity contribution >= 4 is 21.2 Å². The van der Waals surface area contributed by atoms with Gasteiger partial charge in [-0.1, -0.05) is 0 Å². The van der Waals surface area contributed by atoms with Gasteiger partial charge in [0.1, 0.15) is 5.75 Å². The highest BCUT2D eigenvalue weighted by Crippen LogP contribution is 2.26. The Labute approximate surface area is 152 Å². The van der Waals surface area contributed by atoms with Crippen LogP contribution in [0, 0.1) is 10.1 Å². The lowest BCUT2D eigenvalue weighted by Gasteiger charge is -2.18. The largest absolute Gasteiger partial charge is 0.496 e. The maximum absolute atomic E-state index is 12.4. The molecule has 2 rings (SSSR count). The van der Waals surface area contributed by atoms with Crippen molar-refractivity contribution in [3.8, 4) is 5.75 Å². The van der Waals surface area contributed by atoms with Gasteiger partial charge in [-0.05, 0) is 39.0 Å². The van der Waals surface area contributed by atoms with E-state index in [4.69, 9.17) is 4.74 Å². The molecule has 0 aliphatic heterocycles. The van der Waals surface area contributed by atoms with Gasteiger partial charge in [0.25, 0.3) is 5.69 Å². The van der Waals surface area contributed by atoms with Gasteiger partial charge >= 0.3 is 0 Å². The highest BCUT2D eigenvalue weighted by Gasteiger charge is 2.31. The average molecular weight is 379 g/mol. The molecule has 1 aromatic carbocycles. The molecule has 1 heterocycles. The first-order chi connectivity index (χ1) is 12.1. The Morgan fingerprint density at radius 3 is 2.42 bits per heavy atom. The summed E-state index contributed by atoms with van der Waals surface area (Å²) in [4.78, 5) is 14.5. The van der Waals surface area contributed by atoms with Gasteiger partial charge in [0.05, 0.1) is 28.7 Å². The summed E-state index contributed by atoms with van der Waals surface area (Å²) in [6.45, 7) is 5.11. The van der Waals surface area contributed by atoms with E-state index in [1.807, 2.05) is 0 Å². The van der Waals surface area contributed by atoms with Crippen molar-refractivity contribution in [3.63, 3.8) is 0 Å². The van der Waals surface area contributed by atoms with Crippen molar-refractivity contribution in [3.05, 3.63) is 52.2 Å². The van der Waals surface area contributed by atoms with Gasteiger partial charge in [-0.25, -0.2) is 13.4 Å². The first-order valence-corrected chi connectivity index (χ1v) is 9.30. The third-order valence-electron chi connectivity index (χ3n) is 3.78. The Morgan fingerprint density at radius 2 is 1.92 bits per heavy atom. The summed E-state index contributed by atoms with van der Waals surface area (Å²) in [6.07, 6.45) is 1.42. The standard InChI is InChI=1S/C17H21N3O5S/c1-17(2,3)26(23,24)16-8-5-13(11-19-16)18-10-12-9-14(20(21)22)6-7-15(12)25-4/h5-9,11,18H,10H2,1-4H3. The molecule has 0 amide bonds. The molecule has 0 saturated heterocycles. The predicted octanol–water partition coefficient (Wildman–Crippen LogP) is 3.18. The number of pyridine rings is 1. The number of rotatable bonds is 6. The number of anilines is 1. The number of nitrogens with zero attached hydrogens (tertiary/aromatic N) is 2. The number of hydrogen-bond acceptors (Lipinski definition) is 7. The third-order valence-corrected chi connectivity index (χ3v) is 6.18. The summed E-state index contributed by atoms with van der Waals surface area (Å²) in [6, 6.07) is 7.38. The van der Waals surface area contributed by atoms with E-state index in [2.05, 4.69) is 10.3 Å². The minimum atomic E-state index is -3.52. The lowest BCUT2D eigenvalue weighted by molar-refractivity contribution is -0.384. The number of ether oxygens (including phenoxy) is 1. The fraction of sp³-hybridized carbons (Fsp3) is 0.353. The molecular weight excluding hydrogens is 358 g/mol. The normalized spacial score (nSPS) is 11.8. The highest BCUT2D eigenvalue weighted by molar-refractivity contribution is 7.92. The van der Waals surface area contributed by atoms with E-state index in [0.29, 0.717) is 17.0 Å². The van der Waals surface area contributed by atoms with Crippen LogP contribution in [0.3, 0.4) is 0 Å². The van der Waals surface area contributed by atoms with Crippen LogP contribution in [0.4, 0.5) is 11.4 Å². The molecule has 1 aromatic heterocycles. The second kappa shape index (κ2) is 7.28. The van der Waals surface area contributed by atoms with Crippen molar-refractivity contribution in [2.24, 2.45) is 0 Å². The number of non-ortho nitro benzene ring substituents is 1. The molecule has 0 spiro atoms. The van der Waals surface area contributed by atoms with E-state index >= 15 is 0 Å². The van der Waals surface area contributed by atoms with Gasteiger partial charge in [-0.15, -0.1) is 0 Å². The topological polar surface area (TPSA) is 111 Å². The second-order valence-electron chi connectivity index (χ2n) is 6.61. The molecule has 0 atom stereocenters. The predicted molar refractivity (Wildman–Crippen MR) is 98.2 cm³/mol. The summed E-state index contributed by atoms with van der Waals surface area (Å²) in [5.41, 5.74) is 1.16. The Bertz CT molecular complexity index is 903. The zero-order valence-electron chi connectivity index (χ0n) is 15.0. The summed E-state index contributed by atoms with van der Waals surface area (Å²) >= 11 is 0. The molecule has 0 saturated carbocycles. The van der Waals surface area contributed by atoms with E-state index in [-0.39, 0.29) is 17.3 Å². The van der Waals surface area contributed by atoms with Gasteiger partial charge in [-0.2, -0.15) is 0 Å². The number of nitrogens with one attached hydrogen (secondary N) is 1. The highest BCUT2D eigenvalue weighted by atomic mass is 32.2. The van der Waals surface area contributed by atoms with Gasteiger partial charge in [0.15, 0.2) is 14.9 Å². The van der Waals surface area contributed by atoms with Crippen LogP contribution in [-0.2, 0) is 16.4 Å². The number of benzene rings is 1. The number of nitro groups is 1. The van der Waals surface area contributed by atoms with Crippen molar-refractivity contribution in [1.29, 1.82) is 0 Å². The zero-order chi connectivity index (χ0) is 19.5. The van der Waals surface area contributed by atoms with E-state index in [1.54, 1.807) is 26.8 Å². The Hall–Kier alpha value is -2.68. The minimum absolute atomic E-state index is 0.00322. The smallest absolute Gasteiger partial charge is 0.270 e. The maximum Gasteiger partial charge on any atom is 0.270 e. The average Bonchev–Trinajstić information content (AvgIpc) is 2.59. The lowest BCUT2D eigenvalue weighted by atomic mass is 10.1. The molecular formula is C17H21N3O5S. The molecule has 2 aromatic rings. The maximum atomic E-state index is 12.4. The van der Waals surface area contributed by atoms with Crippen molar-refractivity contribution < 1.29 is 18.1 Å². The summed E-state index contributed by atoms with van der Waals surface area (Å²) in [5.74, 6) is 0.517. The molecule has 0 unspecified atom stereocenters. The van der Waals surface area contributed by atoms with Crippen LogP contribution < -0.4 is 10.1 Å². The summed E-state index contributed by atoms with van der Waals surface area (Å²) in [7, 11) is -2.04. The van der Waals surface area contributed by atoms with Gasteiger partial charge < -0.3 is 10.1 Å². The van der Waals surface area contributed by atoms with Gasteiger partial charge in [0, 0.05) is 24.2 Å². The first-order valence-electron chi connectivity index (χ1n) is 7.82.